The third-order valence-corrected chi connectivity index (χ3v) is 3.98. The normalized spacial score (nSPS) is 12.9. The summed E-state index contributed by atoms with van der Waals surface area (Å²) >= 11 is 0. The van der Waals surface area contributed by atoms with Crippen LogP contribution >= 0.6 is 0 Å². The molecule has 0 heterocycles. The van der Waals surface area contributed by atoms with Gasteiger partial charge in [-0.3, -0.25) is 0 Å². The minimum absolute atomic E-state index is 0.328. The van der Waals surface area contributed by atoms with Gasteiger partial charge in [0, 0.05) is 5.69 Å². The van der Waals surface area contributed by atoms with Crippen LogP contribution in [0.15, 0.2) is 0 Å². The Balaban J connectivity index is 3.89. The van der Waals surface area contributed by atoms with Gasteiger partial charge in [-0.1, -0.05) is 27.7 Å². The summed E-state index contributed by atoms with van der Waals surface area (Å²) in [7, 11) is -0.492. The minimum atomic E-state index is -0.492. The summed E-state index contributed by atoms with van der Waals surface area (Å²) in [4.78, 5) is 0. The van der Waals surface area contributed by atoms with Gasteiger partial charge in [-0.15, -0.1) is 0 Å². The lowest BCUT2D eigenvalue weighted by Crippen LogP contribution is -2.17. The molecule has 0 saturated heterocycles. The maximum Gasteiger partial charge on any atom is 0.148 e. The molecule has 0 amide bonds. The first-order valence-electron chi connectivity index (χ1n) is 3.37. The standard InChI is InChI=1S/C7H15NSi/c1-6(2)7(3,4)9-5-8/h6H,9H2,1-4H3. The number of nitrogens with zero attached hydrogens (tertiary/aromatic N) is 1. The highest BCUT2D eigenvalue weighted by Gasteiger charge is 2.22. The second-order valence-electron chi connectivity index (χ2n) is 3.48. The quantitative estimate of drug-likeness (QED) is 0.534. The van der Waals surface area contributed by atoms with Crippen LogP contribution in [-0.4, -0.2) is 9.52 Å². The maximum atomic E-state index is 8.46. The molecule has 0 spiro atoms. The van der Waals surface area contributed by atoms with E-state index >= 15 is 0 Å². The molecule has 0 aliphatic rings. The van der Waals surface area contributed by atoms with Crippen molar-refractivity contribution in [2.75, 3.05) is 0 Å². The average Bonchev–Trinajstić information content (AvgIpc) is 1.65. The van der Waals surface area contributed by atoms with Crippen molar-refractivity contribution in [1.29, 1.82) is 5.26 Å². The van der Waals surface area contributed by atoms with Gasteiger partial charge < -0.3 is 0 Å². The Kier molecular flexibility index (Phi) is 2.93. The van der Waals surface area contributed by atoms with Crippen molar-refractivity contribution in [3.05, 3.63) is 0 Å². The van der Waals surface area contributed by atoms with Crippen LogP contribution < -0.4 is 0 Å². The van der Waals surface area contributed by atoms with Crippen molar-refractivity contribution >= 4 is 9.52 Å². The molecule has 0 unspecified atom stereocenters. The molecule has 0 rings (SSSR count). The fourth-order valence-electron chi connectivity index (χ4n) is 0.408. The molecule has 1 nitrogen and oxygen atoms in total. The first-order valence-corrected chi connectivity index (χ1v) is 4.79. The molecule has 0 atom stereocenters. The molecule has 0 bridgehead atoms. The van der Waals surface area contributed by atoms with Crippen molar-refractivity contribution in [3.63, 3.8) is 0 Å². The number of nitriles is 1. The molecule has 0 fully saturated rings. The predicted octanol–water partition coefficient (Wildman–Crippen LogP) is 1.49. The Hall–Kier alpha value is -0.293. The van der Waals surface area contributed by atoms with Crippen LogP contribution in [0.25, 0.3) is 0 Å². The van der Waals surface area contributed by atoms with Crippen molar-refractivity contribution < 1.29 is 0 Å². The molecule has 0 aromatic heterocycles. The Labute approximate surface area is 59.9 Å². The zero-order chi connectivity index (χ0) is 7.49. The molecule has 0 saturated carbocycles. The maximum absolute atomic E-state index is 8.46. The van der Waals surface area contributed by atoms with Gasteiger partial charge in [0.1, 0.15) is 9.52 Å². The summed E-state index contributed by atoms with van der Waals surface area (Å²) in [6.07, 6.45) is 0. The fraction of sp³-hybridized carbons (Fsp3) is 0.857. The van der Waals surface area contributed by atoms with Crippen LogP contribution in [0.5, 0.6) is 0 Å². The number of hydrogen-bond acceptors (Lipinski definition) is 1. The van der Waals surface area contributed by atoms with Gasteiger partial charge in [0.25, 0.3) is 0 Å². The molecular weight excluding hydrogens is 126 g/mol. The van der Waals surface area contributed by atoms with Gasteiger partial charge in [0.2, 0.25) is 0 Å². The molecule has 0 radical (unpaired) electrons. The van der Waals surface area contributed by atoms with Gasteiger partial charge >= 0.3 is 0 Å². The summed E-state index contributed by atoms with van der Waals surface area (Å²) in [5, 5.41) is 8.79. The van der Waals surface area contributed by atoms with Crippen molar-refractivity contribution in [3.8, 4) is 5.69 Å². The van der Waals surface area contributed by atoms with Crippen LogP contribution in [0.1, 0.15) is 27.7 Å². The highest BCUT2D eigenvalue weighted by atomic mass is 28.2. The summed E-state index contributed by atoms with van der Waals surface area (Å²) in [6, 6.07) is 0. The molecule has 52 valence electrons. The van der Waals surface area contributed by atoms with Crippen LogP contribution in [-0.2, 0) is 0 Å². The zero-order valence-electron chi connectivity index (χ0n) is 6.73. The van der Waals surface area contributed by atoms with E-state index in [2.05, 4.69) is 33.4 Å². The molecule has 0 aromatic rings. The molecule has 0 aliphatic carbocycles. The van der Waals surface area contributed by atoms with Gasteiger partial charge in [-0.25, -0.2) is 5.26 Å². The van der Waals surface area contributed by atoms with Crippen molar-refractivity contribution in [1.82, 2.24) is 0 Å². The minimum Gasteiger partial charge on any atom is -0.207 e. The van der Waals surface area contributed by atoms with Crippen molar-refractivity contribution in [2.45, 2.75) is 32.7 Å². The molecule has 0 aromatic carbocycles. The third kappa shape index (κ3) is 2.66. The SMILES string of the molecule is CC(C)C(C)(C)[SiH2]C#N. The van der Waals surface area contributed by atoms with E-state index in [0.717, 1.165) is 0 Å². The summed E-state index contributed by atoms with van der Waals surface area (Å²) in [5.41, 5.74) is 2.33. The molecular formula is C7H15NSi. The summed E-state index contributed by atoms with van der Waals surface area (Å²) in [5.74, 6) is 0.656. The van der Waals surface area contributed by atoms with E-state index in [9.17, 15) is 0 Å². The highest BCUT2D eigenvalue weighted by molar-refractivity contribution is 6.48. The second-order valence-corrected chi connectivity index (χ2v) is 5.97. The largest absolute Gasteiger partial charge is 0.207 e. The molecule has 0 aliphatic heterocycles. The van der Waals surface area contributed by atoms with Crippen LogP contribution in [0.2, 0.25) is 5.04 Å². The zero-order valence-corrected chi connectivity index (χ0v) is 8.15. The topological polar surface area (TPSA) is 23.8 Å². The average molecular weight is 141 g/mol. The highest BCUT2D eigenvalue weighted by Crippen LogP contribution is 2.31. The second kappa shape index (κ2) is 3.02. The monoisotopic (exact) mass is 141 g/mol. The van der Waals surface area contributed by atoms with E-state index in [1.54, 1.807) is 0 Å². The van der Waals surface area contributed by atoms with E-state index in [4.69, 9.17) is 5.26 Å². The lowest BCUT2D eigenvalue weighted by atomic mass is 9.99. The van der Waals surface area contributed by atoms with E-state index in [0.29, 0.717) is 11.0 Å². The van der Waals surface area contributed by atoms with Crippen LogP contribution in [0.4, 0.5) is 0 Å². The van der Waals surface area contributed by atoms with E-state index in [1.807, 2.05) is 0 Å². The lowest BCUT2D eigenvalue weighted by molar-refractivity contribution is 0.477. The third-order valence-electron chi connectivity index (χ3n) is 2.10. The summed E-state index contributed by atoms with van der Waals surface area (Å²) in [6.45, 7) is 8.74. The first-order chi connectivity index (χ1) is 4.00. The lowest BCUT2D eigenvalue weighted by Gasteiger charge is -2.24. The van der Waals surface area contributed by atoms with E-state index in [1.165, 1.54) is 0 Å². The van der Waals surface area contributed by atoms with E-state index in [-0.39, 0.29) is 0 Å². The van der Waals surface area contributed by atoms with Crippen molar-refractivity contribution in [2.24, 2.45) is 5.92 Å². The predicted molar refractivity (Wildman–Crippen MR) is 43.0 cm³/mol. The van der Waals surface area contributed by atoms with Gasteiger partial charge in [-0.05, 0) is 11.0 Å². The Morgan fingerprint density at radius 3 is 2.00 bits per heavy atom. The summed E-state index contributed by atoms with van der Waals surface area (Å²) < 4.78 is 0. The van der Waals surface area contributed by atoms with E-state index < -0.39 is 9.52 Å². The fourth-order valence-corrected chi connectivity index (χ4v) is 1.22. The van der Waals surface area contributed by atoms with Crippen LogP contribution in [0.3, 0.4) is 0 Å². The smallest absolute Gasteiger partial charge is 0.148 e. The first kappa shape index (κ1) is 8.71. The van der Waals surface area contributed by atoms with Gasteiger partial charge in [-0.2, -0.15) is 0 Å². The van der Waals surface area contributed by atoms with Crippen LogP contribution in [0, 0.1) is 16.9 Å². The molecule has 9 heavy (non-hydrogen) atoms. The Morgan fingerprint density at radius 1 is 1.44 bits per heavy atom. The Morgan fingerprint density at radius 2 is 1.89 bits per heavy atom. The van der Waals surface area contributed by atoms with Gasteiger partial charge in [0.05, 0.1) is 0 Å². The molecule has 0 N–H and O–H groups in total. The number of hydrogen-bond donors (Lipinski definition) is 0. The number of rotatable bonds is 2. The Bertz CT molecular complexity index is 121. The van der Waals surface area contributed by atoms with Gasteiger partial charge in [0.15, 0.2) is 0 Å². The molecule has 2 heteroatoms.